The van der Waals surface area contributed by atoms with Gasteiger partial charge in [0.2, 0.25) is 0 Å². The van der Waals surface area contributed by atoms with Gasteiger partial charge in [0.15, 0.2) is 6.54 Å². The first-order chi connectivity index (χ1) is 11.3. The molecule has 0 saturated carbocycles. The second-order valence-electron chi connectivity index (χ2n) is 6.16. The van der Waals surface area contributed by atoms with Crippen molar-refractivity contribution in [2.45, 2.75) is 18.7 Å². The molecule has 4 heteroatoms. The minimum Gasteiger partial charge on any atom is -0.346 e. The molecule has 1 atom stereocenters. The molecule has 23 heavy (non-hydrogen) atoms. The van der Waals surface area contributed by atoms with Crippen LogP contribution in [-0.2, 0) is 12.3 Å². The van der Waals surface area contributed by atoms with E-state index >= 15 is 0 Å². The molecule has 0 radical (unpaired) electrons. The highest BCUT2D eigenvalue weighted by Crippen LogP contribution is 2.37. The van der Waals surface area contributed by atoms with Crippen molar-refractivity contribution in [2.24, 2.45) is 0 Å². The summed E-state index contributed by atoms with van der Waals surface area (Å²) in [6, 6.07) is 20.5. The Morgan fingerprint density at radius 3 is 2.48 bits per heavy atom. The average Bonchev–Trinajstić information content (AvgIpc) is 2.90. The van der Waals surface area contributed by atoms with Crippen molar-refractivity contribution < 1.29 is 9.68 Å². The van der Waals surface area contributed by atoms with Crippen molar-refractivity contribution >= 4 is 16.9 Å². The van der Waals surface area contributed by atoms with Crippen LogP contribution < -0.4 is 0 Å². The molecule has 2 aromatic carbocycles. The molecule has 0 aromatic heterocycles. The zero-order valence-electron chi connectivity index (χ0n) is 13.1. The number of hydrogen-bond acceptors (Lipinski definition) is 3. The maximum atomic E-state index is 11.6. The number of hydrogen-bond donors (Lipinski definition) is 1. The van der Waals surface area contributed by atoms with Crippen LogP contribution in [0.1, 0.15) is 17.5 Å². The van der Waals surface area contributed by atoms with E-state index in [1.807, 2.05) is 48.2 Å². The predicted octanol–water partition coefficient (Wildman–Crippen LogP) is 2.85. The number of benzene rings is 2. The van der Waals surface area contributed by atoms with Gasteiger partial charge in [-0.3, -0.25) is 0 Å². The normalized spacial score (nSPS) is 24.0. The molecule has 2 aliphatic rings. The summed E-state index contributed by atoms with van der Waals surface area (Å²) in [5.74, 6) is 1.13. The third kappa shape index (κ3) is 2.66. The van der Waals surface area contributed by atoms with Crippen LogP contribution in [-0.4, -0.2) is 38.6 Å². The van der Waals surface area contributed by atoms with E-state index in [1.165, 1.54) is 17.2 Å². The van der Waals surface area contributed by atoms with E-state index in [0.717, 1.165) is 24.4 Å². The van der Waals surface area contributed by atoms with Gasteiger partial charge < -0.3 is 5.11 Å². The van der Waals surface area contributed by atoms with Crippen LogP contribution in [0.3, 0.4) is 0 Å². The topological polar surface area (TPSA) is 26.5 Å². The lowest BCUT2D eigenvalue weighted by molar-refractivity contribution is -0.532. The Bertz CT molecular complexity index is 717. The van der Waals surface area contributed by atoms with Gasteiger partial charge >= 0.3 is 5.17 Å². The molecular formula is C19H21N2OS+. The summed E-state index contributed by atoms with van der Waals surface area (Å²) >= 11 is 1.87. The summed E-state index contributed by atoms with van der Waals surface area (Å²) in [7, 11) is 0. The number of rotatable bonds is 3. The van der Waals surface area contributed by atoms with Crippen LogP contribution in [0.5, 0.6) is 0 Å². The largest absolute Gasteiger partial charge is 0.346 e. The highest BCUT2D eigenvalue weighted by Gasteiger charge is 2.53. The summed E-state index contributed by atoms with van der Waals surface area (Å²) < 4.78 is 2.34. The minimum absolute atomic E-state index is 0.645. The van der Waals surface area contributed by atoms with Crippen LogP contribution in [0.25, 0.3) is 0 Å². The van der Waals surface area contributed by atoms with Gasteiger partial charge in [-0.15, -0.1) is 0 Å². The zero-order chi connectivity index (χ0) is 15.7. The van der Waals surface area contributed by atoms with Gasteiger partial charge in [-0.2, -0.15) is 0 Å². The van der Waals surface area contributed by atoms with Gasteiger partial charge in [0.05, 0.1) is 6.54 Å². The Hall–Kier alpha value is -1.78. The Balaban J connectivity index is 1.74. The maximum Gasteiger partial charge on any atom is 0.311 e. The second-order valence-corrected chi connectivity index (χ2v) is 7.22. The lowest BCUT2D eigenvalue weighted by atomic mass is 10.0. The highest BCUT2D eigenvalue weighted by molar-refractivity contribution is 8.13. The van der Waals surface area contributed by atoms with Crippen molar-refractivity contribution in [3.8, 4) is 0 Å². The van der Waals surface area contributed by atoms with E-state index < -0.39 is 5.72 Å². The van der Waals surface area contributed by atoms with Crippen molar-refractivity contribution in [2.75, 3.05) is 18.8 Å². The van der Waals surface area contributed by atoms with Crippen molar-refractivity contribution in [3.63, 3.8) is 0 Å². The first-order valence-corrected chi connectivity index (χ1v) is 9.10. The average molecular weight is 325 g/mol. The van der Waals surface area contributed by atoms with Crippen LogP contribution >= 0.6 is 11.8 Å². The minimum atomic E-state index is -0.955. The first kappa shape index (κ1) is 14.8. The first-order valence-electron chi connectivity index (χ1n) is 8.11. The highest BCUT2D eigenvalue weighted by atomic mass is 32.2. The maximum absolute atomic E-state index is 11.6. The van der Waals surface area contributed by atoms with E-state index in [9.17, 15) is 5.11 Å². The van der Waals surface area contributed by atoms with Crippen LogP contribution in [0, 0.1) is 0 Å². The van der Waals surface area contributed by atoms with Crippen LogP contribution in [0.2, 0.25) is 0 Å². The molecule has 0 saturated heterocycles. The molecule has 2 aromatic rings. The van der Waals surface area contributed by atoms with Gasteiger partial charge in [0, 0.05) is 11.3 Å². The molecule has 0 amide bonds. The lowest BCUT2D eigenvalue weighted by Crippen LogP contribution is -2.45. The summed E-state index contributed by atoms with van der Waals surface area (Å²) in [4.78, 5) is 2.18. The molecule has 0 aliphatic carbocycles. The van der Waals surface area contributed by atoms with Crippen molar-refractivity contribution in [3.05, 3.63) is 71.8 Å². The van der Waals surface area contributed by atoms with E-state index in [-0.39, 0.29) is 0 Å². The third-order valence-corrected chi connectivity index (χ3v) is 5.81. The van der Waals surface area contributed by atoms with Gasteiger partial charge in [0.25, 0.3) is 5.72 Å². The molecule has 0 fully saturated rings. The van der Waals surface area contributed by atoms with E-state index in [2.05, 4.69) is 33.7 Å². The number of nitrogens with zero attached hydrogens (tertiary/aromatic N) is 2. The van der Waals surface area contributed by atoms with Gasteiger partial charge in [-0.25, -0.2) is 9.48 Å². The Labute approximate surface area is 141 Å². The molecule has 1 N–H and O–H groups in total. The number of amidine groups is 1. The molecule has 4 rings (SSSR count). The third-order valence-electron chi connectivity index (χ3n) is 4.58. The Morgan fingerprint density at radius 1 is 1.04 bits per heavy atom. The van der Waals surface area contributed by atoms with Gasteiger partial charge in [0.1, 0.15) is 6.54 Å². The Morgan fingerprint density at radius 2 is 1.74 bits per heavy atom. The van der Waals surface area contributed by atoms with Gasteiger partial charge in [-0.1, -0.05) is 60.7 Å². The predicted molar refractivity (Wildman–Crippen MR) is 94.4 cm³/mol. The SMILES string of the molecule is O[C@]1(c2ccccc2)C[N+]2=C(SCCC2)N1Cc1ccccc1. The standard InChI is InChI=1S/C19H21N2OS/c22-19(17-10-5-2-6-11-17)15-20-12-7-13-23-18(20)21(19)14-16-8-3-1-4-9-16/h1-6,8-11,22H,7,12-15H2/q+1/t19-/m0/s1. The van der Waals surface area contributed by atoms with E-state index in [1.54, 1.807) is 0 Å². The molecule has 0 spiro atoms. The summed E-state index contributed by atoms with van der Waals surface area (Å²) in [5, 5.41) is 12.8. The van der Waals surface area contributed by atoms with Crippen molar-refractivity contribution in [1.82, 2.24) is 4.90 Å². The zero-order valence-corrected chi connectivity index (χ0v) is 13.9. The van der Waals surface area contributed by atoms with E-state index in [0.29, 0.717) is 6.54 Å². The van der Waals surface area contributed by atoms with Crippen molar-refractivity contribution in [1.29, 1.82) is 0 Å². The fourth-order valence-electron chi connectivity index (χ4n) is 3.43. The molecule has 3 nitrogen and oxygen atoms in total. The number of aliphatic hydroxyl groups is 1. The molecule has 2 aliphatic heterocycles. The Kier molecular flexibility index (Phi) is 3.87. The summed E-state index contributed by atoms with van der Waals surface area (Å²) in [6.45, 7) is 2.40. The van der Waals surface area contributed by atoms with Crippen LogP contribution in [0.4, 0.5) is 0 Å². The smallest absolute Gasteiger partial charge is 0.311 e. The summed E-state index contributed by atoms with van der Waals surface area (Å²) in [6.07, 6.45) is 1.18. The summed E-state index contributed by atoms with van der Waals surface area (Å²) in [5.41, 5.74) is 1.24. The van der Waals surface area contributed by atoms with Gasteiger partial charge in [-0.05, 0) is 23.7 Å². The quantitative estimate of drug-likeness (QED) is 0.879. The fraction of sp³-hybridized carbons (Fsp3) is 0.316. The monoisotopic (exact) mass is 325 g/mol. The fourth-order valence-corrected chi connectivity index (χ4v) is 4.59. The molecule has 118 valence electrons. The second kappa shape index (κ2) is 6.02. The molecule has 0 bridgehead atoms. The lowest BCUT2D eigenvalue weighted by Gasteiger charge is -2.28. The van der Waals surface area contributed by atoms with E-state index in [4.69, 9.17) is 0 Å². The molecule has 2 heterocycles. The molecule has 0 unspecified atom stereocenters. The molecular weight excluding hydrogens is 304 g/mol. The number of thioether (sulfide) groups is 1. The van der Waals surface area contributed by atoms with Crippen LogP contribution in [0.15, 0.2) is 60.7 Å².